The third-order valence-electron chi connectivity index (χ3n) is 19.9. The molecule has 3 N–H and O–H groups in total. The Kier molecular flexibility index (Phi) is 71.5. The van der Waals surface area contributed by atoms with E-state index in [1.54, 1.807) is 0 Å². The van der Waals surface area contributed by atoms with E-state index in [9.17, 15) is 43.2 Å². The Balaban J connectivity index is 5.26. The minimum absolute atomic E-state index is 0.106. The van der Waals surface area contributed by atoms with Gasteiger partial charge < -0.3 is 33.8 Å². The number of ether oxygens (including phenoxy) is 4. The first kappa shape index (κ1) is 101. The molecular formula is C84H164O17P2. The van der Waals surface area contributed by atoms with Crippen LogP contribution < -0.4 is 0 Å². The molecule has 0 aromatic carbocycles. The Labute approximate surface area is 632 Å². The number of esters is 4. The zero-order chi connectivity index (χ0) is 76.0. The number of unbranched alkanes of at least 4 members (excludes halogenated alkanes) is 46. The molecule has 0 saturated heterocycles. The molecule has 103 heavy (non-hydrogen) atoms. The molecule has 19 heteroatoms. The summed E-state index contributed by atoms with van der Waals surface area (Å²) in [5.41, 5.74) is 0. The van der Waals surface area contributed by atoms with Crippen molar-refractivity contribution >= 4 is 39.5 Å². The Morgan fingerprint density at radius 2 is 0.466 bits per heavy atom. The van der Waals surface area contributed by atoms with Crippen molar-refractivity contribution in [3.05, 3.63) is 0 Å². The Bertz CT molecular complexity index is 2010. The largest absolute Gasteiger partial charge is 0.472 e. The van der Waals surface area contributed by atoms with Crippen LogP contribution in [0.15, 0.2) is 0 Å². The van der Waals surface area contributed by atoms with Crippen molar-refractivity contribution in [1.29, 1.82) is 0 Å². The molecule has 0 bridgehead atoms. The summed E-state index contributed by atoms with van der Waals surface area (Å²) in [5.74, 6) is 1.06. The Morgan fingerprint density at radius 1 is 0.272 bits per heavy atom. The molecule has 0 heterocycles. The molecule has 0 fully saturated rings. The van der Waals surface area contributed by atoms with Gasteiger partial charge in [-0.05, 0) is 49.4 Å². The number of hydrogen-bond donors (Lipinski definition) is 3. The monoisotopic (exact) mass is 1510 g/mol. The summed E-state index contributed by atoms with van der Waals surface area (Å²) in [6, 6.07) is 0. The molecule has 0 radical (unpaired) electrons. The summed E-state index contributed by atoms with van der Waals surface area (Å²) in [7, 11) is -9.93. The minimum Gasteiger partial charge on any atom is -0.462 e. The van der Waals surface area contributed by atoms with Gasteiger partial charge in [0.1, 0.15) is 19.3 Å². The van der Waals surface area contributed by atoms with Gasteiger partial charge >= 0.3 is 39.5 Å². The van der Waals surface area contributed by atoms with E-state index >= 15 is 0 Å². The van der Waals surface area contributed by atoms with Gasteiger partial charge in [0.2, 0.25) is 0 Å². The predicted octanol–water partition coefficient (Wildman–Crippen LogP) is 25.2. The van der Waals surface area contributed by atoms with Crippen LogP contribution in [0.5, 0.6) is 0 Å². The second-order valence-corrected chi connectivity index (χ2v) is 34.8. The lowest BCUT2D eigenvalue weighted by Gasteiger charge is -2.21. The van der Waals surface area contributed by atoms with Crippen molar-refractivity contribution in [3.8, 4) is 0 Å². The third kappa shape index (κ3) is 76.6. The molecule has 0 aliphatic carbocycles. The summed E-state index contributed by atoms with van der Waals surface area (Å²) in [6.45, 7) is 14.3. The summed E-state index contributed by atoms with van der Waals surface area (Å²) in [5, 5.41) is 10.7. The van der Waals surface area contributed by atoms with E-state index in [1.807, 2.05) is 0 Å². The van der Waals surface area contributed by atoms with Gasteiger partial charge in [-0.25, -0.2) is 9.13 Å². The first-order valence-corrected chi connectivity index (χ1v) is 46.2. The van der Waals surface area contributed by atoms with Crippen LogP contribution in [0.4, 0.5) is 0 Å². The SMILES string of the molecule is CCC(C)CCCCCCCCCCCCCCCCC(=O)OC[C@H](COP(=O)(O)OC[C@@H](O)COP(=O)(O)OC[C@@H](COC(=O)CCCCCCCCCCCCC(C)C)OC(=O)CCCCCCCCCCCCC(C)C)OC(=O)CCCCCCCCCCCCCCCCCCC(C)C. The number of phosphoric ester groups is 2. The molecule has 0 saturated carbocycles. The van der Waals surface area contributed by atoms with Crippen LogP contribution in [-0.4, -0.2) is 96.7 Å². The number of carbonyl (C=O) groups is 4. The fourth-order valence-electron chi connectivity index (χ4n) is 12.9. The Morgan fingerprint density at radius 3 is 0.689 bits per heavy atom. The van der Waals surface area contributed by atoms with E-state index in [0.29, 0.717) is 25.7 Å². The fourth-order valence-corrected chi connectivity index (χ4v) is 14.5. The van der Waals surface area contributed by atoms with Crippen LogP contribution >= 0.6 is 15.6 Å². The standard InChI is InChI=1S/C84H164O17P2/c1-9-77(8)63-55-47-39-31-21-17-14-15-18-22-32-40-48-56-64-81(86)94-70-79(100-83(88)66-58-50-42-34-23-19-13-11-10-12-16-20-28-36-44-52-60-74(2)3)72-98-102(90,91)96-68-78(85)69-97-103(92,93)99-73-80(101-84(89)67-59-51-43-35-27-25-30-38-46-54-62-76(6)7)71-95-82(87)65-57-49-41-33-26-24-29-37-45-53-61-75(4)5/h74-80,85H,9-73H2,1-8H3,(H,90,91)(H,92,93)/t77?,78-,79-,80-/m1/s1. The van der Waals surface area contributed by atoms with Crippen LogP contribution in [-0.2, 0) is 65.4 Å². The lowest BCUT2D eigenvalue weighted by Crippen LogP contribution is -2.30. The summed E-state index contributed by atoms with van der Waals surface area (Å²) < 4.78 is 68.9. The van der Waals surface area contributed by atoms with Crippen LogP contribution in [0.1, 0.15) is 434 Å². The zero-order valence-electron chi connectivity index (χ0n) is 68.0. The van der Waals surface area contributed by atoms with Gasteiger partial charge in [-0.2, -0.15) is 0 Å². The van der Waals surface area contributed by atoms with E-state index in [1.165, 1.54) is 238 Å². The molecule has 0 aliphatic heterocycles. The van der Waals surface area contributed by atoms with Gasteiger partial charge in [0.15, 0.2) is 12.2 Å². The lowest BCUT2D eigenvalue weighted by molar-refractivity contribution is -0.161. The van der Waals surface area contributed by atoms with Crippen LogP contribution in [0.3, 0.4) is 0 Å². The highest BCUT2D eigenvalue weighted by Crippen LogP contribution is 2.45. The highest BCUT2D eigenvalue weighted by molar-refractivity contribution is 7.47. The van der Waals surface area contributed by atoms with Gasteiger partial charge in [-0.1, -0.05) is 383 Å². The summed E-state index contributed by atoms with van der Waals surface area (Å²) in [4.78, 5) is 73.2. The molecule has 0 aromatic rings. The number of hydrogen-bond acceptors (Lipinski definition) is 15. The van der Waals surface area contributed by atoms with E-state index < -0.39 is 97.5 Å². The molecular weight excluding hydrogens is 1340 g/mol. The second kappa shape index (κ2) is 72.9. The molecule has 612 valence electrons. The van der Waals surface area contributed by atoms with Crippen molar-refractivity contribution in [2.75, 3.05) is 39.6 Å². The number of aliphatic hydroxyl groups excluding tert-OH is 1. The van der Waals surface area contributed by atoms with E-state index in [-0.39, 0.29) is 25.7 Å². The maximum atomic E-state index is 13.1. The average molecular weight is 1510 g/mol. The summed E-state index contributed by atoms with van der Waals surface area (Å²) >= 11 is 0. The van der Waals surface area contributed by atoms with Crippen molar-refractivity contribution in [3.63, 3.8) is 0 Å². The number of phosphoric acid groups is 2. The van der Waals surface area contributed by atoms with Crippen LogP contribution in [0.2, 0.25) is 0 Å². The van der Waals surface area contributed by atoms with Crippen molar-refractivity contribution in [2.24, 2.45) is 23.7 Å². The first-order chi connectivity index (χ1) is 49.6. The van der Waals surface area contributed by atoms with Gasteiger partial charge in [0.05, 0.1) is 26.4 Å². The van der Waals surface area contributed by atoms with Gasteiger partial charge in [0.25, 0.3) is 0 Å². The van der Waals surface area contributed by atoms with Crippen molar-refractivity contribution in [1.82, 2.24) is 0 Å². The normalized spacial score (nSPS) is 14.2. The molecule has 0 aliphatic rings. The molecule has 3 unspecified atom stereocenters. The maximum Gasteiger partial charge on any atom is 0.472 e. The van der Waals surface area contributed by atoms with Crippen molar-refractivity contribution in [2.45, 2.75) is 453 Å². The topological polar surface area (TPSA) is 237 Å². The Hall–Kier alpha value is -1.94. The molecule has 6 atom stereocenters. The van der Waals surface area contributed by atoms with Gasteiger partial charge in [0, 0.05) is 25.7 Å². The highest BCUT2D eigenvalue weighted by atomic mass is 31.2. The number of carbonyl (C=O) groups excluding carboxylic acids is 4. The van der Waals surface area contributed by atoms with Gasteiger partial charge in [-0.15, -0.1) is 0 Å². The maximum absolute atomic E-state index is 13.1. The number of aliphatic hydroxyl groups is 1. The smallest absolute Gasteiger partial charge is 0.462 e. The number of rotatable bonds is 81. The van der Waals surface area contributed by atoms with Crippen LogP contribution in [0, 0.1) is 23.7 Å². The first-order valence-electron chi connectivity index (χ1n) is 43.2. The van der Waals surface area contributed by atoms with E-state index in [2.05, 4.69) is 55.4 Å². The highest BCUT2D eigenvalue weighted by Gasteiger charge is 2.30. The second-order valence-electron chi connectivity index (χ2n) is 31.9. The van der Waals surface area contributed by atoms with E-state index in [4.69, 9.17) is 37.0 Å². The third-order valence-corrected chi connectivity index (χ3v) is 21.8. The molecule has 0 amide bonds. The van der Waals surface area contributed by atoms with Crippen LogP contribution in [0.25, 0.3) is 0 Å². The molecule has 0 aromatic heterocycles. The minimum atomic E-state index is -4.97. The molecule has 0 rings (SSSR count). The zero-order valence-corrected chi connectivity index (χ0v) is 69.7. The molecule has 17 nitrogen and oxygen atoms in total. The summed E-state index contributed by atoms with van der Waals surface area (Å²) in [6.07, 6.45) is 60.9. The van der Waals surface area contributed by atoms with Gasteiger partial charge in [-0.3, -0.25) is 37.3 Å². The fraction of sp³-hybridized carbons (Fsp3) is 0.952. The molecule has 0 spiro atoms. The lowest BCUT2D eigenvalue weighted by atomic mass is 9.99. The average Bonchev–Trinajstić information content (AvgIpc) is 0.909. The predicted molar refractivity (Wildman–Crippen MR) is 423 cm³/mol. The quantitative estimate of drug-likeness (QED) is 0.0222. The van der Waals surface area contributed by atoms with Crippen molar-refractivity contribution < 1.29 is 80.2 Å². The van der Waals surface area contributed by atoms with E-state index in [0.717, 1.165) is 114 Å².